The maximum atomic E-state index is 5.46. The van der Waals surface area contributed by atoms with Crippen LogP contribution in [0.2, 0.25) is 0 Å². The average molecular weight is 328 g/mol. The van der Waals surface area contributed by atoms with E-state index in [4.69, 9.17) is 4.74 Å². The van der Waals surface area contributed by atoms with Gasteiger partial charge in [0.2, 0.25) is 5.95 Å². The van der Waals surface area contributed by atoms with E-state index < -0.39 is 0 Å². The number of methoxy groups -OCH3 is 1. The predicted molar refractivity (Wildman–Crippen MR) is 92.7 cm³/mol. The Bertz CT molecular complexity index is 698. The Morgan fingerprint density at radius 3 is 3.00 bits per heavy atom. The van der Waals surface area contributed by atoms with Crippen molar-refractivity contribution < 1.29 is 4.74 Å². The number of hydrogen-bond acceptors (Lipinski definition) is 6. The summed E-state index contributed by atoms with van der Waals surface area (Å²) in [4.78, 5) is 11.3. The van der Waals surface area contributed by atoms with Gasteiger partial charge in [-0.15, -0.1) is 0 Å². The van der Waals surface area contributed by atoms with Gasteiger partial charge < -0.3 is 15.0 Å². The third kappa shape index (κ3) is 3.21. The van der Waals surface area contributed by atoms with Gasteiger partial charge in [0.15, 0.2) is 5.82 Å². The molecule has 128 valence electrons. The van der Waals surface area contributed by atoms with Gasteiger partial charge in [-0.3, -0.25) is 5.10 Å². The van der Waals surface area contributed by atoms with Crippen molar-refractivity contribution in [3.8, 4) is 0 Å². The predicted octanol–water partition coefficient (Wildman–Crippen LogP) is 2.68. The largest absolute Gasteiger partial charge is 0.381 e. The summed E-state index contributed by atoms with van der Waals surface area (Å²) in [7, 11) is 1.77. The standard InChI is InChI=1S/C17H24N6O/c1-11(24-2)13-6-8-23(10-13)17-18-7-5-15(20-17)19-16-9-14(21-22-16)12-3-4-12/h5,7,9,11-13H,3-4,6,8,10H2,1-2H3,(H2,18,19,20,21,22). The van der Waals surface area contributed by atoms with Crippen molar-refractivity contribution in [2.24, 2.45) is 5.92 Å². The molecule has 1 saturated heterocycles. The van der Waals surface area contributed by atoms with Crippen LogP contribution in [-0.4, -0.2) is 46.5 Å². The number of rotatable bonds is 6. The number of nitrogens with zero attached hydrogens (tertiary/aromatic N) is 4. The summed E-state index contributed by atoms with van der Waals surface area (Å²) >= 11 is 0. The highest BCUT2D eigenvalue weighted by Crippen LogP contribution is 2.39. The first-order valence-electron chi connectivity index (χ1n) is 8.66. The Balaban J connectivity index is 1.43. The minimum atomic E-state index is 0.265. The van der Waals surface area contributed by atoms with Crippen LogP contribution >= 0.6 is 0 Å². The van der Waals surface area contributed by atoms with Crippen LogP contribution < -0.4 is 10.2 Å². The zero-order valence-electron chi connectivity index (χ0n) is 14.2. The molecular formula is C17H24N6O. The molecule has 24 heavy (non-hydrogen) atoms. The number of anilines is 3. The summed E-state index contributed by atoms with van der Waals surface area (Å²) < 4.78 is 5.46. The molecule has 2 atom stereocenters. The molecule has 0 radical (unpaired) electrons. The number of H-pyrrole nitrogens is 1. The molecule has 0 aromatic carbocycles. The number of nitrogens with one attached hydrogen (secondary N) is 2. The summed E-state index contributed by atoms with van der Waals surface area (Å²) in [5.41, 5.74) is 1.21. The molecule has 2 aromatic heterocycles. The Kier molecular flexibility index (Phi) is 4.10. The number of ether oxygens (including phenoxy) is 1. The van der Waals surface area contributed by atoms with Gasteiger partial charge in [-0.25, -0.2) is 4.98 Å². The first-order chi connectivity index (χ1) is 11.7. The molecule has 2 N–H and O–H groups in total. The number of hydrogen-bond donors (Lipinski definition) is 2. The van der Waals surface area contributed by atoms with E-state index in [9.17, 15) is 0 Å². The van der Waals surface area contributed by atoms with E-state index in [1.807, 2.05) is 6.07 Å². The fraction of sp³-hybridized carbons (Fsp3) is 0.588. The first-order valence-corrected chi connectivity index (χ1v) is 8.66. The first kappa shape index (κ1) is 15.4. The van der Waals surface area contributed by atoms with Crippen molar-refractivity contribution in [1.29, 1.82) is 0 Å². The van der Waals surface area contributed by atoms with Crippen LogP contribution in [0, 0.1) is 5.92 Å². The van der Waals surface area contributed by atoms with Gasteiger partial charge in [0.05, 0.1) is 6.10 Å². The molecule has 3 heterocycles. The fourth-order valence-corrected chi connectivity index (χ4v) is 3.25. The van der Waals surface area contributed by atoms with E-state index in [0.717, 1.165) is 37.1 Å². The Hall–Kier alpha value is -2.15. The monoisotopic (exact) mass is 328 g/mol. The van der Waals surface area contributed by atoms with Crippen molar-refractivity contribution in [2.45, 2.75) is 38.2 Å². The van der Waals surface area contributed by atoms with Crippen LogP contribution in [-0.2, 0) is 4.74 Å². The van der Waals surface area contributed by atoms with Crippen LogP contribution in [0.15, 0.2) is 18.3 Å². The van der Waals surface area contributed by atoms with Crippen LogP contribution in [0.5, 0.6) is 0 Å². The van der Waals surface area contributed by atoms with Gasteiger partial charge in [0.1, 0.15) is 5.82 Å². The molecule has 2 aliphatic rings. The van der Waals surface area contributed by atoms with Crippen molar-refractivity contribution in [1.82, 2.24) is 20.2 Å². The zero-order valence-corrected chi connectivity index (χ0v) is 14.2. The molecule has 7 heteroatoms. The van der Waals surface area contributed by atoms with Crippen molar-refractivity contribution >= 4 is 17.6 Å². The van der Waals surface area contributed by atoms with E-state index in [1.54, 1.807) is 13.3 Å². The summed E-state index contributed by atoms with van der Waals surface area (Å²) in [6.07, 6.45) is 5.69. The molecule has 1 aliphatic carbocycles. The van der Waals surface area contributed by atoms with Crippen LogP contribution in [0.3, 0.4) is 0 Å². The normalized spacial score (nSPS) is 21.9. The van der Waals surface area contributed by atoms with Crippen molar-refractivity contribution in [2.75, 3.05) is 30.4 Å². The smallest absolute Gasteiger partial charge is 0.227 e. The lowest BCUT2D eigenvalue weighted by atomic mass is 10.0. The maximum absolute atomic E-state index is 5.46. The van der Waals surface area contributed by atoms with E-state index in [1.165, 1.54) is 18.5 Å². The molecular weight excluding hydrogens is 304 g/mol. The summed E-state index contributed by atoms with van der Waals surface area (Å²) in [5, 5.41) is 10.7. The molecule has 1 saturated carbocycles. The van der Waals surface area contributed by atoms with Gasteiger partial charge >= 0.3 is 0 Å². The highest BCUT2D eigenvalue weighted by Gasteiger charge is 2.29. The minimum absolute atomic E-state index is 0.265. The van der Waals surface area contributed by atoms with Gasteiger partial charge in [-0.1, -0.05) is 0 Å². The molecule has 1 aliphatic heterocycles. The van der Waals surface area contributed by atoms with Gasteiger partial charge in [-0.2, -0.15) is 10.1 Å². The van der Waals surface area contributed by atoms with Crippen LogP contribution in [0.25, 0.3) is 0 Å². The van der Waals surface area contributed by atoms with E-state index in [2.05, 4.69) is 43.4 Å². The number of aromatic nitrogens is 4. The molecule has 0 amide bonds. The average Bonchev–Trinajstić information content (AvgIpc) is 3.15. The van der Waals surface area contributed by atoms with Gasteiger partial charge in [0.25, 0.3) is 0 Å². The summed E-state index contributed by atoms with van der Waals surface area (Å²) in [6, 6.07) is 3.95. The maximum Gasteiger partial charge on any atom is 0.227 e. The molecule has 0 bridgehead atoms. The Labute approximate surface area is 141 Å². The van der Waals surface area contributed by atoms with Crippen LogP contribution in [0.1, 0.15) is 37.8 Å². The third-order valence-corrected chi connectivity index (χ3v) is 5.06. The minimum Gasteiger partial charge on any atom is -0.381 e. The third-order valence-electron chi connectivity index (χ3n) is 5.06. The lowest BCUT2D eigenvalue weighted by Crippen LogP contribution is -2.26. The summed E-state index contributed by atoms with van der Waals surface area (Å²) in [5.74, 6) is 3.55. The van der Waals surface area contributed by atoms with Crippen molar-refractivity contribution in [3.05, 3.63) is 24.0 Å². The molecule has 2 unspecified atom stereocenters. The number of aromatic amines is 1. The van der Waals surface area contributed by atoms with Crippen molar-refractivity contribution in [3.63, 3.8) is 0 Å². The lowest BCUT2D eigenvalue weighted by molar-refractivity contribution is 0.0748. The SMILES string of the molecule is COC(C)C1CCN(c2nccc(Nc3cc(C4CC4)[nH]n3)n2)C1. The lowest BCUT2D eigenvalue weighted by Gasteiger charge is -2.19. The second-order valence-electron chi connectivity index (χ2n) is 6.79. The Morgan fingerprint density at radius 1 is 1.33 bits per heavy atom. The summed E-state index contributed by atoms with van der Waals surface area (Å²) in [6.45, 7) is 4.03. The van der Waals surface area contributed by atoms with E-state index in [-0.39, 0.29) is 6.10 Å². The molecule has 7 nitrogen and oxygen atoms in total. The highest BCUT2D eigenvalue weighted by molar-refractivity contribution is 5.53. The topological polar surface area (TPSA) is 79.0 Å². The fourth-order valence-electron chi connectivity index (χ4n) is 3.25. The highest BCUT2D eigenvalue weighted by atomic mass is 16.5. The van der Waals surface area contributed by atoms with Gasteiger partial charge in [-0.05, 0) is 32.3 Å². The zero-order chi connectivity index (χ0) is 16.5. The van der Waals surface area contributed by atoms with Crippen LogP contribution in [0.4, 0.5) is 17.6 Å². The van der Waals surface area contributed by atoms with E-state index in [0.29, 0.717) is 11.8 Å². The Morgan fingerprint density at radius 2 is 2.21 bits per heavy atom. The van der Waals surface area contributed by atoms with E-state index >= 15 is 0 Å². The quantitative estimate of drug-likeness (QED) is 0.849. The van der Waals surface area contributed by atoms with Gasteiger partial charge in [0, 0.05) is 50.0 Å². The second-order valence-corrected chi connectivity index (χ2v) is 6.79. The molecule has 0 spiro atoms. The molecule has 4 rings (SSSR count). The second kappa shape index (κ2) is 6.39. The molecule has 2 aromatic rings. The molecule has 2 fully saturated rings.